The number of hydrogen-bond donors (Lipinski definition) is 0. The Balaban J connectivity index is 1.10. The molecule has 0 bridgehead atoms. The van der Waals surface area contributed by atoms with E-state index in [4.69, 9.17) is 0 Å². The second-order valence-electron chi connectivity index (χ2n) is 12.6. The normalized spacial score (nSPS) is 12.0. The van der Waals surface area contributed by atoms with Crippen molar-refractivity contribution in [2.75, 3.05) is 0 Å². The zero-order chi connectivity index (χ0) is 30.9. The van der Waals surface area contributed by atoms with E-state index in [9.17, 15) is 0 Å². The molecule has 0 atom stereocenters. The number of benzene rings is 9. The predicted octanol–water partition coefficient (Wildman–Crippen LogP) is 11.4. The fourth-order valence-corrected chi connectivity index (χ4v) is 9.99. The van der Waals surface area contributed by atoms with Crippen molar-refractivity contribution in [1.29, 1.82) is 0 Å². The van der Waals surface area contributed by atoms with Crippen LogP contribution in [0.15, 0.2) is 176 Å². The van der Waals surface area contributed by atoms with Crippen molar-refractivity contribution in [3.63, 3.8) is 0 Å². The zero-order valence-electron chi connectivity index (χ0n) is 25.7. The highest BCUT2D eigenvalue weighted by molar-refractivity contribution is 7.79. The summed E-state index contributed by atoms with van der Waals surface area (Å²) in [6.45, 7) is 0. The second kappa shape index (κ2) is 10.5. The van der Waals surface area contributed by atoms with Gasteiger partial charge in [0.25, 0.3) is 0 Å². The van der Waals surface area contributed by atoms with Crippen LogP contribution in [0.3, 0.4) is 0 Å². The number of hydrogen-bond acceptors (Lipinski definition) is 0. The van der Waals surface area contributed by atoms with Gasteiger partial charge in [-0.25, -0.2) is 0 Å². The van der Waals surface area contributed by atoms with Crippen molar-refractivity contribution in [1.82, 2.24) is 0 Å². The molecule has 0 N–H and O–H groups in total. The molecule has 0 unspecified atom stereocenters. The van der Waals surface area contributed by atoms with Crippen molar-refractivity contribution in [2.24, 2.45) is 0 Å². The molecule has 0 saturated heterocycles. The van der Waals surface area contributed by atoms with Gasteiger partial charge in [0.15, 0.2) is 0 Å². The van der Waals surface area contributed by atoms with Crippen molar-refractivity contribution in [3.05, 3.63) is 176 Å². The van der Waals surface area contributed by atoms with Crippen LogP contribution in [-0.2, 0) is 0 Å². The molecular formula is C46H29P. The van der Waals surface area contributed by atoms with Gasteiger partial charge in [-0.3, -0.25) is 0 Å². The molecule has 0 aromatic heterocycles. The SMILES string of the molecule is c1ccc2cc(P(c3ccc(-c4ccc5c6c(cccc46)-c4cc6ccccc6cc4-5)cc3)c3ccc4ccccc4c3)ccc2c1. The molecule has 0 heterocycles. The van der Waals surface area contributed by atoms with E-state index in [-0.39, 0.29) is 0 Å². The second-order valence-corrected chi connectivity index (χ2v) is 14.8. The zero-order valence-corrected chi connectivity index (χ0v) is 26.6. The molecule has 0 amide bonds. The van der Waals surface area contributed by atoms with Gasteiger partial charge in [0.2, 0.25) is 0 Å². The first-order chi connectivity index (χ1) is 23.3. The maximum atomic E-state index is 2.40. The monoisotopic (exact) mass is 612 g/mol. The summed E-state index contributed by atoms with van der Waals surface area (Å²) in [5.74, 6) is 0. The third kappa shape index (κ3) is 4.26. The van der Waals surface area contributed by atoms with Crippen LogP contribution >= 0.6 is 7.92 Å². The van der Waals surface area contributed by atoms with Gasteiger partial charge in [-0.05, 0) is 125 Å². The number of rotatable bonds is 4. The molecule has 1 aliphatic carbocycles. The molecule has 9 aromatic carbocycles. The fraction of sp³-hybridized carbons (Fsp3) is 0. The Morgan fingerprint density at radius 2 is 0.745 bits per heavy atom. The van der Waals surface area contributed by atoms with E-state index >= 15 is 0 Å². The van der Waals surface area contributed by atoms with E-state index in [1.165, 1.54) is 92.4 Å². The first-order valence-corrected chi connectivity index (χ1v) is 17.6. The van der Waals surface area contributed by atoms with E-state index in [0.717, 1.165) is 0 Å². The first kappa shape index (κ1) is 26.6. The topological polar surface area (TPSA) is 0 Å². The summed E-state index contributed by atoms with van der Waals surface area (Å²) in [6, 6.07) is 65.7. The molecular weight excluding hydrogens is 583 g/mol. The molecule has 0 saturated carbocycles. The van der Waals surface area contributed by atoms with E-state index in [1.807, 2.05) is 0 Å². The summed E-state index contributed by atoms with van der Waals surface area (Å²) in [5, 5.41) is 14.5. The summed E-state index contributed by atoms with van der Waals surface area (Å²) in [5.41, 5.74) is 7.91. The summed E-state index contributed by atoms with van der Waals surface area (Å²) in [4.78, 5) is 0. The standard InChI is InChI=1S/C46H29P/c1-3-10-33-26-38(22-16-30(33)8-1)47(39-23-17-31-9-2-4-11-34(31)27-39)37-20-18-32(19-21-37)40-24-25-43-45-29-36-13-6-5-12-35(36)28-44(45)42-15-7-14-41(40)46(42)43/h1-29H. The molecule has 218 valence electrons. The average Bonchev–Trinajstić information content (AvgIpc) is 3.45. The van der Waals surface area contributed by atoms with Gasteiger partial charge in [-0.1, -0.05) is 152 Å². The Morgan fingerprint density at radius 1 is 0.277 bits per heavy atom. The van der Waals surface area contributed by atoms with Crippen LogP contribution in [0.4, 0.5) is 0 Å². The Hall–Kier alpha value is -5.55. The van der Waals surface area contributed by atoms with E-state index in [0.29, 0.717) is 0 Å². The van der Waals surface area contributed by atoms with Crippen LogP contribution in [-0.4, -0.2) is 0 Å². The van der Waals surface area contributed by atoms with Crippen molar-refractivity contribution in [3.8, 4) is 33.4 Å². The van der Waals surface area contributed by atoms with Gasteiger partial charge in [0.1, 0.15) is 0 Å². The number of fused-ring (bicyclic) bond motifs is 6. The molecule has 0 fully saturated rings. The molecule has 47 heavy (non-hydrogen) atoms. The summed E-state index contributed by atoms with van der Waals surface area (Å²) < 4.78 is 0. The highest BCUT2D eigenvalue weighted by Crippen LogP contribution is 2.50. The van der Waals surface area contributed by atoms with Gasteiger partial charge >= 0.3 is 0 Å². The van der Waals surface area contributed by atoms with Crippen LogP contribution < -0.4 is 15.9 Å². The van der Waals surface area contributed by atoms with E-state index < -0.39 is 7.92 Å². The maximum Gasteiger partial charge on any atom is -0.00201 e. The summed E-state index contributed by atoms with van der Waals surface area (Å²) >= 11 is 0. The average molecular weight is 613 g/mol. The fourth-order valence-electron chi connectivity index (χ4n) is 7.66. The molecule has 1 heteroatoms. The maximum absolute atomic E-state index is 2.40. The third-order valence-electron chi connectivity index (χ3n) is 9.93. The Labute approximate surface area is 275 Å². The van der Waals surface area contributed by atoms with Crippen molar-refractivity contribution >= 4 is 66.9 Å². The third-order valence-corrected chi connectivity index (χ3v) is 12.3. The van der Waals surface area contributed by atoms with Crippen molar-refractivity contribution in [2.45, 2.75) is 0 Å². The molecule has 0 radical (unpaired) electrons. The lowest BCUT2D eigenvalue weighted by atomic mass is 9.94. The van der Waals surface area contributed by atoms with Crippen LogP contribution in [0.1, 0.15) is 0 Å². The summed E-state index contributed by atoms with van der Waals surface area (Å²) in [7, 11) is -0.756. The minimum atomic E-state index is -0.756. The van der Waals surface area contributed by atoms with Gasteiger partial charge in [-0.15, -0.1) is 0 Å². The minimum Gasteiger partial charge on any atom is -0.0616 e. The smallest absolute Gasteiger partial charge is 0.00201 e. The Kier molecular flexibility index (Phi) is 5.95. The predicted molar refractivity (Wildman–Crippen MR) is 205 cm³/mol. The first-order valence-electron chi connectivity index (χ1n) is 16.3. The van der Waals surface area contributed by atoms with E-state index in [1.54, 1.807) is 0 Å². The lowest BCUT2D eigenvalue weighted by Crippen LogP contribution is -2.20. The van der Waals surface area contributed by atoms with E-state index in [2.05, 4.69) is 176 Å². The van der Waals surface area contributed by atoms with Gasteiger partial charge in [-0.2, -0.15) is 0 Å². The molecule has 0 aliphatic heterocycles. The Bertz CT molecular complexity index is 2550. The minimum absolute atomic E-state index is 0.756. The van der Waals surface area contributed by atoms with Crippen LogP contribution in [0.5, 0.6) is 0 Å². The highest BCUT2D eigenvalue weighted by Gasteiger charge is 2.24. The van der Waals surface area contributed by atoms with Gasteiger partial charge in [0, 0.05) is 0 Å². The molecule has 0 spiro atoms. The molecule has 1 aliphatic rings. The Morgan fingerprint density at radius 3 is 1.32 bits per heavy atom. The van der Waals surface area contributed by atoms with Gasteiger partial charge in [0.05, 0.1) is 0 Å². The lowest BCUT2D eigenvalue weighted by Gasteiger charge is -2.21. The quantitative estimate of drug-likeness (QED) is 0.174. The molecule has 0 nitrogen and oxygen atoms in total. The van der Waals surface area contributed by atoms with Crippen LogP contribution in [0, 0.1) is 0 Å². The largest absolute Gasteiger partial charge is 0.0616 e. The van der Waals surface area contributed by atoms with Gasteiger partial charge < -0.3 is 0 Å². The van der Waals surface area contributed by atoms with Crippen LogP contribution in [0.25, 0.3) is 76.5 Å². The van der Waals surface area contributed by atoms with Crippen molar-refractivity contribution < 1.29 is 0 Å². The summed E-state index contributed by atoms with van der Waals surface area (Å²) in [6.07, 6.45) is 0. The molecule has 9 aromatic rings. The lowest BCUT2D eigenvalue weighted by molar-refractivity contribution is 1.68. The molecule has 10 rings (SSSR count). The highest BCUT2D eigenvalue weighted by atomic mass is 31.1. The van der Waals surface area contributed by atoms with Crippen LogP contribution in [0.2, 0.25) is 0 Å².